The average Bonchev–Trinajstić information content (AvgIpc) is 2.65. The molecule has 2 aromatic rings. The van der Waals surface area contributed by atoms with Crippen molar-refractivity contribution in [3.63, 3.8) is 0 Å². The van der Waals surface area contributed by atoms with Crippen LogP contribution in [0.3, 0.4) is 0 Å². The fraction of sp³-hybridized carbons (Fsp3) is 0.350. The van der Waals surface area contributed by atoms with Crippen LogP contribution in [-0.4, -0.2) is 30.2 Å². The molecule has 1 fully saturated rings. The van der Waals surface area contributed by atoms with Gasteiger partial charge in [-0.1, -0.05) is 35.3 Å². The van der Waals surface area contributed by atoms with Gasteiger partial charge in [0.1, 0.15) is 0 Å². The summed E-state index contributed by atoms with van der Waals surface area (Å²) in [5.41, 5.74) is 1.83. The maximum absolute atomic E-state index is 12.6. The molecule has 6 heteroatoms. The summed E-state index contributed by atoms with van der Waals surface area (Å²) in [6, 6.07) is 13.5. The smallest absolute Gasteiger partial charge is 0.227 e. The van der Waals surface area contributed by atoms with E-state index < -0.39 is 0 Å². The van der Waals surface area contributed by atoms with Crippen LogP contribution in [0.2, 0.25) is 10.0 Å². The van der Waals surface area contributed by atoms with Crippen molar-refractivity contribution in [2.75, 3.05) is 24.7 Å². The van der Waals surface area contributed by atoms with Crippen LogP contribution in [0, 0.1) is 5.92 Å². The second-order valence-electron chi connectivity index (χ2n) is 6.47. The molecule has 3 nitrogen and oxygen atoms in total. The Morgan fingerprint density at radius 3 is 2.46 bits per heavy atom. The van der Waals surface area contributed by atoms with Crippen LogP contribution in [0.1, 0.15) is 18.4 Å². The number of halogens is 2. The summed E-state index contributed by atoms with van der Waals surface area (Å²) in [6.07, 6.45) is 3.72. The van der Waals surface area contributed by atoms with E-state index in [0.29, 0.717) is 10.0 Å². The van der Waals surface area contributed by atoms with E-state index in [1.54, 1.807) is 11.8 Å². The van der Waals surface area contributed by atoms with Crippen LogP contribution < -0.4 is 5.32 Å². The summed E-state index contributed by atoms with van der Waals surface area (Å²) in [5.74, 6) is 0.157. The Bertz CT molecular complexity index is 756. The zero-order valence-corrected chi connectivity index (χ0v) is 17.0. The molecule has 1 saturated heterocycles. The molecule has 1 heterocycles. The third-order valence-corrected chi connectivity index (χ3v) is 6.17. The minimum absolute atomic E-state index is 0.0471. The fourth-order valence-corrected chi connectivity index (χ4v) is 4.18. The van der Waals surface area contributed by atoms with Gasteiger partial charge in [0.15, 0.2) is 0 Å². The Morgan fingerprint density at radius 2 is 1.81 bits per heavy atom. The first-order valence-electron chi connectivity index (χ1n) is 8.67. The largest absolute Gasteiger partial charge is 0.326 e. The SMILES string of the molecule is CSc1cccc(NC(=O)C2CCN(Cc3c(Cl)cccc3Cl)CC2)c1. The van der Waals surface area contributed by atoms with Gasteiger partial charge in [0.25, 0.3) is 0 Å². The van der Waals surface area contributed by atoms with Gasteiger partial charge in [-0.15, -0.1) is 11.8 Å². The summed E-state index contributed by atoms with van der Waals surface area (Å²) >= 11 is 14.2. The number of amides is 1. The van der Waals surface area contributed by atoms with E-state index in [1.807, 2.05) is 48.7 Å². The van der Waals surface area contributed by atoms with E-state index in [2.05, 4.69) is 10.2 Å². The number of anilines is 1. The highest BCUT2D eigenvalue weighted by atomic mass is 35.5. The van der Waals surface area contributed by atoms with Crippen LogP contribution in [0.5, 0.6) is 0 Å². The number of likely N-dealkylation sites (tertiary alicyclic amines) is 1. The minimum atomic E-state index is 0.0471. The molecule has 1 aliphatic rings. The molecule has 26 heavy (non-hydrogen) atoms. The first kappa shape index (κ1) is 19.6. The molecule has 0 bridgehead atoms. The van der Waals surface area contributed by atoms with Gasteiger partial charge in [-0.05, 0) is 62.5 Å². The van der Waals surface area contributed by atoms with Crippen molar-refractivity contribution in [3.8, 4) is 0 Å². The third kappa shape index (κ3) is 4.95. The van der Waals surface area contributed by atoms with Crippen molar-refractivity contribution in [3.05, 3.63) is 58.1 Å². The van der Waals surface area contributed by atoms with E-state index in [4.69, 9.17) is 23.2 Å². The Balaban J connectivity index is 1.54. The molecule has 0 saturated carbocycles. The first-order chi connectivity index (χ1) is 12.6. The Labute approximate surface area is 169 Å². The lowest BCUT2D eigenvalue weighted by molar-refractivity contribution is -0.121. The predicted molar refractivity (Wildman–Crippen MR) is 111 cm³/mol. The number of rotatable bonds is 5. The van der Waals surface area contributed by atoms with Gasteiger partial charge in [0.2, 0.25) is 5.91 Å². The molecule has 1 N–H and O–H groups in total. The van der Waals surface area contributed by atoms with Crippen LogP contribution in [0.15, 0.2) is 47.4 Å². The number of nitrogens with zero attached hydrogens (tertiary/aromatic N) is 1. The number of carbonyl (C=O) groups excluding carboxylic acids is 1. The number of benzene rings is 2. The van der Waals surface area contributed by atoms with Crippen molar-refractivity contribution < 1.29 is 4.79 Å². The average molecular weight is 409 g/mol. The molecule has 0 aliphatic carbocycles. The molecule has 0 spiro atoms. The standard InChI is InChI=1S/C20H22Cl2N2OS/c1-26-16-5-2-4-15(12-16)23-20(25)14-8-10-24(11-9-14)13-17-18(21)6-3-7-19(17)22/h2-7,12,14H,8-11,13H2,1H3,(H,23,25). The summed E-state index contributed by atoms with van der Waals surface area (Å²) in [4.78, 5) is 16.0. The normalized spacial score (nSPS) is 15.8. The number of carbonyl (C=O) groups is 1. The van der Waals surface area contributed by atoms with Gasteiger partial charge < -0.3 is 5.32 Å². The van der Waals surface area contributed by atoms with E-state index in [9.17, 15) is 4.79 Å². The topological polar surface area (TPSA) is 32.3 Å². The number of piperidine rings is 1. The molecule has 1 amide bonds. The number of hydrogen-bond acceptors (Lipinski definition) is 3. The van der Waals surface area contributed by atoms with Crippen molar-refractivity contribution in [1.29, 1.82) is 0 Å². The quantitative estimate of drug-likeness (QED) is 0.656. The second-order valence-corrected chi connectivity index (χ2v) is 8.17. The van der Waals surface area contributed by atoms with Crippen molar-refractivity contribution in [2.45, 2.75) is 24.3 Å². The molecule has 0 atom stereocenters. The van der Waals surface area contributed by atoms with E-state index in [1.165, 1.54) is 0 Å². The molecular formula is C20H22Cl2N2OS. The fourth-order valence-electron chi connectivity index (χ4n) is 3.21. The van der Waals surface area contributed by atoms with Crippen molar-refractivity contribution >= 4 is 46.6 Å². The predicted octanol–water partition coefficient (Wildman–Crippen LogP) is 5.57. The van der Waals surface area contributed by atoms with E-state index in [0.717, 1.165) is 48.6 Å². The van der Waals surface area contributed by atoms with Crippen LogP contribution >= 0.6 is 35.0 Å². The molecule has 0 unspecified atom stereocenters. The van der Waals surface area contributed by atoms with Gasteiger partial charge in [-0.3, -0.25) is 9.69 Å². The molecule has 1 aliphatic heterocycles. The van der Waals surface area contributed by atoms with Crippen molar-refractivity contribution in [2.24, 2.45) is 5.92 Å². The van der Waals surface area contributed by atoms with Gasteiger partial charge in [-0.25, -0.2) is 0 Å². The maximum Gasteiger partial charge on any atom is 0.227 e. The highest BCUT2D eigenvalue weighted by Crippen LogP contribution is 2.28. The number of thioether (sulfide) groups is 1. The summed E-state index contributed by atoms with van der Waals surface area (Å²) in [5, 5.41) is 4.46. The van der Waals surface area contributed by atoms with Crippen LogP contribution in [0.25, 0.3) is 0 Å². The summed E-state index contributed by atoms with van der Waals surface area (Å²) in [6.45, 7) is 2.46. The lowest BCUT2D eigenvalue weighted by atomic mass is 9.95. The molecule has 0 radical (unpaired) electrons. The lowest BCUT2D eigenvalue weighted by Gasteiger charge is -2.31. The maximum atomic E-state index is 12.6. The number of nitrogens with one attached hydrogen (secondary N) is 1. The second kappa shape index (κ2) is 9.14. The van der Waals surface area contributed by atoms with Gasteiger partial charge in [0, 0.05) is 38.7 Å². The van der Waals surface area contributed by atoms with Crippen molar-refractivity contribution in [1.82, 2.24) is 4.90 Å². The Morgan fingerprint density at radius 1 is 1.15 bits per heavy atom. The third-order valence-electron chi connectivity index (χ3n) is 4.74. The lowest BCUT2D eigenvalue weighted by Crippen LogP contribution is -2.37. The summed E-state index contributed by atoms with van der Waals surface area (Å²) in [7, 11) is 0. The Kier molecular flexibility index (Phi) is 6.87. The first-order valence-corrected chi connectivity index (χ1v) is 10.6. The zero-order valence-electron chi connectivity index (χ0n) is 14.7. The van der Waals surface area contributed by atoms with Gasteiger partial charge >= 0.3 is 0 Å². The minimum Gasteiger partial charge on any atom is -0.326 e. The van der Waals surface area contributed by atoms with Gasteiger partial charge in [0.05, 0.1) is 0 Å². The molecule has 3 rings (SSSR count). The van der Waals surface area contributed by atoms with Crippen LogP contribution in [-0.2, 0) is 11.3 Å². The van der Waals surface area contributed by atoms with E-state index >= 15 is 0 Å². The summed E-state index contributed by atoms with van der Waals surface area (Å²) < 4.78 is 0. The Hall–Kier alpha value is -1.20. The number of hydrogen-bond donors (Lipinski definition) is 1. The molecule has 138 valence electrons. The van der Waals surface area contributed by atoms with Crippen LogP contribution in [0.4, 0.5) is 5.69 Å². The van der Waals surface area contributed by atoms with Gasteiger partial charge in [-0.2, -0.15) is 0 Å². The molecule has 0 aromatic heterocycles. The molecular weight excluding hydrogens is 387 g/mol. The highest BCUT2D eigenvalue weighted by molar-refractivity contribution is 7.98. The van der Waals surface area contributed by atoms with E-state index in [-0.39, 0.29) is 11.8 Å². The molecule has 2 aromatic carbocycles. The highest BCUT2D eigenvalue weighted by Gasteiger charge is 2.25. The monoisotopic (exact) mass is 408 g/mol. The zero-order chi connectivity index (χ0) is 18.5.